The van der Waals surface area contributed by atoms with Crippen LogP contribution in [0.25, 0.3) is 11.1 Å². The fourth-order valence-electron chi connectivity index (χ4n) is 5.81. The number of nitrogens with zero attached hydrogens (tertiary/aromatic N) is 1. The van der Waals surface area contributed by atoms with Gasteiger partial charge in [-0.25, -0.2) is 0 Å². The molecule has 0 unspecified atom stereocenters. The third-order valence-corrected chi connectivity index (χ3v) is 8.56. The van der Waals surface area contributed by atoms with Crippen LogP contribution in [0.2, 0.25) is 0 Å². The molecule has 4 nitrogen and oxygen atoms in total. The number of unbranched alkanes of at least 4 members (excludes halogenated alkanes) is 9. The van der Waals surface area contributed by atoms with Gasteiger partial charge in [0.05, 0.1) is 6.61 Å². The molecule has 3 aromatic rings. The van der Waals surface area contributed by atoms with Crippen molar-refractivity contribution in [2.75, 3.05) is 19.7 Å². The quantitative estimate of drug-likeness (QED) is 0.148. The highest BCUT2D eigenvalue weighted by molar-refractivity contribution is 5.94. The van der Waals surface area contributed by atoms with E-state index in [1.165, 1.54) is 77.0 Å². The third kappa shape index (κ3) is 11.7. The van der Waals surface area contributed by atoms with Crippen molar-refractivity contribution < 1.29 is 14.3 Å². The summed E-state index contributed by atoms with van der Waals surface area (Å²) in [5.74, 6) is 1.92. The number of rotatable bonds is 17. The lowest BCUT2D eigenvalue weighted by Gasteiger charge is -2.25. The normalized spacial score (nSPS) is 13.7. The first-order chi connectivity index (χ1) is 21.2. The molecule has 1 heterocycles. The molecule has 0 bridgehead atoms. The molecule has 1 amide bonds. The summed E-state index contributed by atoms with van der Waals surface area (Å²) >= 11 is 0. The van der Waals surface area contributed by atoms with E-state index in [-0.39, 0.29) is 5.91 Å². The average Bonchev–Trinajstić information content (AvgIpc) is 3.03. The highest BCUT2D eigenvalue weighted by Crippen LogP contribution is 2.25. The number of carbonyl (C=O) groups is 1. The second kappa shape index (κ2) is 19.1. The van der Waals surface area contributed by atoms with E-state index in [1.54, 1.807) is 0 Å². The first-order valence-corrected chi connectivity index (χ1v) is 17.1. The number of ether oxygens (including phenoxy) is 2. The summed E-state index contributed by atoms with van der Waals surface area (Å²) in [6, 6.07) is 24.5. The monoisotopic (exact) mass is 583 g/mol. The van der Waals surface area contributed by atoms with E-state index in [4.69, 9.17) is 9.47 Å². The lowest BCUT2D eigenvalue weighted by atomic mass is 10.1. The van der Waals surface area contributed by atoms with Gasteiger partial charge in [0.1, 0.15) is 18.1 Å². The van der Waals surface area contributed by atoms with Gasteiger partial charge in [-0.3, -0.25) is 4.79 Å². The fourth-order valence-corrected chi connectivity index (χ4v) is 5.81. The maximum absolute atomic E-state index is 12.9. The van der Waals surface area contributed by atoms with E-state index in [1.807, 2.05) is 41.3 Å². The molecule has 0 atom stereocenters. The van der Waals surface area contributed by atoms with Crippen LogP contribution in [0.4, 0.5) is 0 Å². The van der Waals surface area contributed by atoms with Crippen LogP contribution in [0, 0.1) is 0 Å². The molecule has 0 N–H and O–H groups in total. The molecule has 4 heteroatoms. The predicted molar refractivity (Wildman–Crippen MR) is 179 cm³/mol. The minimum Gasteiger partial charge on any atom is -0.494 e. The summed E-state index contributed by atoms with van der Waals surface area (Å²) in [4.78, 5) is 15.0. The first kappa shape index (κ1) is 32.6. The van der Waals surface area contributed by atoms with Gasteiger partial charge in [-0.15, -0.1) is 0 Å². The van der Waals surface area contributed by atoms with Gasteiger partial charge in [0.15, 0.2) is 0 Å². The number of likely N-dealkylation sites (tertiary alicyclic amines) is 1. The number of hydrogen-bond acceptors (Lipinski definition) is 3. The molecule has 3 aromatic carbocycles. The van der Waals surface area contributed by atoms with Gasteiger partial charge in [0.2, 0.25) is 0 Å². The van der Waals surface area contributed by atoms with Crippen LogP contribution in [-0.2, 0) is 6.61 Å². The number of amides is 1. The zero-order valence-electron chi connectivity index (χ0n) is 26.5. The van der Waals surface area contributed by atoms with Gasteiger partial charge in [-0.1, -0.05) is 120 Å². The molecule has 4 rings (SSSR count). The first-order valence-electron chi connectivity index (χ1n) is 17.1. The Morgan fingerprint density at radius 2 is 1.07 bits per heavy atom. The molecule has 43 heavy (non-hydrogen) atoms. The topological polar surface area (TPSA) is 38.8 Å². The summed E-state index contributed by atoms with van der Waals surface area (Å²) in [6.45, 7) is 5.29. The number of hydrogen-bond donors (Lipinski definition) is 0. The van der Waals surface area contributed by atoms with Gasteiger partial charge in [0.25, 0.3) is 5.91 Å². The summed E-state index contributed by atoms with van der Waals surface area (Å²) in [5, 5.41) is 0. The van der Waals surface area contributed by atoms with Crippen LogP contribution in [0.1, 0.15) is 119 Å². The van der Waals surface area contributed by atoms with Crippen molar-refractivity contribution in [2.24, 2.45) is 0 Å². The van der Waals surface area contributed by atoms with Crippen LogP contribution in [0.15, 0.2) is 72.8 Å². The Balaban J connectivity index is 1.13. The van der Waals surface area contributed by atoms with E-state index in [0.29, 0.717) is 6.61 Å². The largest absolute Gasteiger partial charge is 0.494 e. The average molecular weight is 584 g/mol. The Morgan fingerprint density at radius 3 is 1.63 bits per heavy atom. The molecule has 232 valence electrons. The highest BCUT2D eigenvalue weighted by Gasteiger charge is 2.16. The van der Waals surface area contributed by atoms with Crippen molar-refractivity contribution in [3.05, 3.63) is 83.9 Å². The summed E-state index contributed by atoms with van der Waals surface area (Å²) in [7, 11) is 0. The molecule has 0 aliphatic carbocycles. The summed E-state index contributed by atoms with van der Waals surface area (Å²) in [5.41, 5.74) is 4.14. The molecule has 0 radical (unpaired) electrons. The summed E-state index contributed by atoms with van der Waals surface area (Å²) in [6.07, 6.45) is 19.3. The molecular weight excluding hydrogens is 530 g/mol. The predicted octanol–water partition coefficient (Wildman–Crippen LogP) is 10.6. The molecule has 1 aliphatic rings. The Kier molecular flexibility index (Phi) is 14.5. The molecule has 1 fully saturated rings. The summed E-state index contributed by atoms with van der Waals surface area (Å²) < 4.78 is 12.0. The number of carbonyl (C=O) groups excluding carboxylic acids is 1. The molecule has 0 saturated carbocycles. The zero-order chi connectivity index (χ0) is 30.0. The van der Waals surface area contributed by atoms with E-state index in [9.17, 15) is 4.79 Å². The van der Waals surface area contributed by atoms with Crippen LogP contribution < -0.4 is 9.47 Å². The zero-order valence-corrected chi connectivity index (χ0v) is 26.5. The second-order valence-electron chi connectivity index (χ2n) is 12.1. The van der Waals surface area contributed by atoms with Crippen molar-refractivity contribution in [1.29, 1.82) is 0 Å². The second-order valence-corrected chi connectivity index (χ2v) is 12.1. The lowest BCUT2D eigenvalue weighted by molar-refractivity contribution is 0.0742. The number of benzene rings is 3. The van der Waals surface area contributed by atoms with E-state index >= 15 is 0 Å². The Morgan fingerprint density at radius 1 is 0.581 bits per heavy atom. The Labute approximate surface area is 260 Å². The van der Waals surface area contributed by atoms with Gasteiger partial charge in [-0.05, 0) is 72.4 Å². The fraction of sp³-hybridized carbons (Fsp3) is 0.513. The standard InChI is InChI=1S/C39H53NO3/c1-2-3-4-5-6-7-8-9-13-16-31-42-37-25-21-34(22-26-37)35-23-27-38(28-24-35)43-32-33-17-19-36(20-18-33)39(41)40-29-14-11-10-12-15-30-40/h17-28H,2-16,29-32H2,1H3. The van der Waals surface area contributed by atoms with Crippen LogP contribution in [0.3, 0.4) is 0 Å². The van der Waals surface area contributed by atoms with Crippen LogP contribution >= 0.6 is 0 Å². The van der Waals surface area contributed by atoms with Gasteiger partial charge in [0, 0.05) is 18.7 Å². The smallest absolute Gasteiger partial charge is 0.253 e. The van der Waals surface area contributed by atoms with Gasteiger partial charge in [-0.2, -0.15) is 0 Å². The third-order valence-electron chi connectivity index (χ3n) is 8.56. The molecule has 1 aliphatic heterocycles. The maximum Gasteiger partial charge on any atom is 0.253 e. The van der Waals surface area contributed by atoms with Gasteiger partial charge < -0.3 is 14.4 Å². The Hall–Kier alpha value is -3.27. The van der Waals surface area contributed by atoms with Crippen LogP contribution in [0.5, 0.6) is 11.5 Å². The molecule has 1 saturated heterocycles. The maximum atomic E-state index is 12.9. The minimum absolute atomic E-state index is 0.152. The van der Waals surface area contributed by atoms with Crippen molar-refractivity contribution in [1.82, 2.24) is 4.90 Å². The van der Waals surface area contributed by atoms with Crippen molar-refractivity contribution in [2.45, 2.75) is 110 Å². The molecule has 0 aromatic heterocycles. The van der Waals surface area contributed by atoms with Crippen molar-refractivity contribution in [3.8, 4) is 22.6 Å². The molecular formula is C39H53NO3. The van der Waals surface area contributed by atoms with E-state index in [2.05, 4.69) is 43.3 Å². The van der Waals surface area contributed by atoms with Crippen molar-refractivity contribution in [3.63, 3.8) is 0 Å². The Bertz CT molecular complexity index is 1160. The lowest BCUT2D eigenvalue weighted by Crippen LogP contribution is -2.33. The SMILES string of the molecule is CCCCCCCCCCCCOc1ccc(-c2ccc(OCc3ccc(C(=O)N4CCCCCCC4)cc3)cc2)cc1. The minimum atomic E-state index is 0.152. The van der Waals surface area contributed by atoms with E-state index < -0.39 is 0 Å². The van der Waals surface area contributed by atoms with Gasteiger partial charge >= 0.3 is 0 Å². The van der Waals surface area contributed by atoms with Crippen molar-refractivity contribution >= 4 is 5.91 Å². The molecule has 0 spiro atoms. The van der Waals surface area contributed by atoms with Crippen LogP contribution in [-0.4, -0.2) is 30.5 Å². The highest BCUT2D eigenvalue weighted by atomic mass is 16.5. The van der Waals surface area contributed by atoms with E-state index in [0.717, 1.165) is 72.7 Å².